The summed E-state index contributed by atoms with van der Waals surface area (Å²) < 4.78 is 1.23. The van der Waals surface area contributed by atoms with Crippen molar-refractivity contribution < 1.29 is 0 Å². The molecule has 0 aliphatic carbocycles. The third-order valence-electron chi connectivity index (χ3n) is 2.41. The van der Waals surface area contributed by atoms with Crippen LogP contribution in [-0.2, 0) is 0 Å². The third-order valence-corrected chi connectivity index (χ3v) is 4.29. The van der Waals surface area contributed by atoms with Gasteiger partial charge in [0, 0.05) is 9.13 Å². The zero-order chi connectivity index (χ0) is 12.3. The van der Waals surface area contributed by atoms with E-state index >= 15 is 0 Å². The number of benzene rings is 1. The second-order valence-electron chi connectivity index (χ2n) is 3.73. The lowest BCUT2D eigenvalue weighted by molar-refractivity contribution is 0.590. The average molecular weight is 359 g/mol. The van der Waals surface area contributed by atoms with E-state index in [0.717, 1.165) is 22.1 Å². The van der Waals surface area contributed by atoms with Crippen LogP contribution < -0.4 is 5.32 Å². The molecule has 0 aliphatic rings. The van der Waals surface area contributed by atoms with E-state index < -0.39 is 0 Å². The quantitative estimate of drug-likeness (QED) is 0.850. The highest BCUT2D eigenvalue weighted by Gasteiger charge is 2.11. The molecular weight excluding hydrogens is 345 g/mol. The standard InChI is InChI=1S/C12H14IN3S/c1-3-14-8(2)11-15-16-12(17-11)9-4-6-10(13)7-5-9/h4-8,14H,3H2,1-2H3. The van der Waals surface area contributed by atoms with Gasteiger partial charge in [-0.2, -0.15) is 0 Å². The molecule has 2 aromatic rings. The van der Waals surface area contributed by atoms with Gasteiger partial charge < -0.3 is 5.32 Å². The smallest absolute Gasteiger partial charge is 0.147 e. The van der Waals surface area contributed by atoms with Crippen LogP contribution in [-0.4, -0.2) is 16.7 Å². The van der Waals surface area contributed by atoms with Gasteiger partial charge >= 0.3 is 0 Å². The van der Waals surface area contributed by atoms with E-state index in [1.165, 1.54) is 3.57 Å². The number of hydrogen-bond acceptors (Lipinski definition) is 4. The molecule has 1 N–H and O–H groups in total. The van der Waals surface area contributed by atoms with Crippen molar-refractivity contribution in [2.24, 2.45) is 0 Å². The van der Waals surface area contributed by atoms with Crippen molar-refractivity contribution >= 4 is 33.9 Å². The van der Waals surface area contributed by atoms with E-state index in [-0.39, 0.29) is 6.04 Å². The van der Waals surface area contributed by atoms with E-state index in [1.807, 2.05) is 0 Å². The second kappa shape index (κ2) is 5.88. The molecule has 90 valence electrons. The first-order valence-electron chi connectivity index (χ1n) is 5.53. The monoisotopic (exact) mass is 359 g/mol. The summed E-state index contributed by atoms with van der Waals surface area (Å²) >= 11 is 3.95. The van der Waals surface area contributed by atoms with E-state index in [9.17, 15) is 0 Å². The van der Waals surface area contributed by atoms with Crippen LogP contribution in [0.2, 0.25) is 0 Å². The molecule has 5 heteroatoms. The van der Waals surface area contributed by atoms with Crippen molar-refractivity contribution in [1.29, 1.82) is 0 Å². The van der Waals surface area contributed by atoms with Crippen LogP contribution in [0.25, 0.3) is 10.6 Å². The number of rotatable bonds is 4. The SMILES string of the molecule is CCNC(C)c1nnc(-c2ccc(I)cc2)s1. The molecule has 0 aliphatic heterocycles. The summed E-state index contributed by atoms with van der Waals surface area (Å²) in [7, 11) is 0. The van der Waals surface area contributed by atoms with E-state index in [1.54, 1.807) is 11.3 Å². The average Bonchev–Trinajstić information content (AvgIpc) is 2.80. The molecule has 1 aromatic heterocycles. The Hall–Kier alpha value is -0.530. The topological polar surface area (TPSA) is 37.8 Å². The third kappa shape index (κ3) is 3.23. The summed E-state index contributed by atoms with van der Waals surface area (Å²) in [5.74, 6) is 0. The van der Waals surface area contributed by atoms with E-state index in [4.69, 9.17) is 0 Å². The van der Waals surface area contributed by atoms with Crippen LogP contribution in [0.4, 0.5) is 0 Å². The maximum atomic E-state index is 4.25. The van der Waals surface area contributed by atoms with Gasteiger partial charge in [0.1, 0.15) is 10.0 Å². The Labute approximate surface area is 119 Å². The number of aromatic nitrogens is 2. The molecule has 1 unspecified atom stereocenters. The summed E-state index contributed by atoms with van der Waals surface area (Å²) in [5, 5.41) is 13.9. The van der Waals surface area contributed by atoms with Gasteiger partial charge in [0.05, 0.1) is 6.04 Å². The molecule has 0 bridgehead atoms. The fourth-order valence-electron chi connectivity index (χ4n) is 1.51. The summed E-state index contributed by atoms with van der Waals surface area (Å²) in [6.45, 7) is 5.15. The molecule has 0 fully saturated rings. The van der Waals surface area contributed by atoms with Crippen LogP contribution >= 0.6 is 33.9 Å². The van der Waals surface area contributed by atoms with E-state index in [2.05, 4.69) is 76.2 Å². The minimum absolute atomic E-state index is 0.273. The lowest BCUT2D eigenvalue weighted by atomic mass is 10.2. The predicted octanol–water partition coefficient (Wildman–Crippen LogP) is 3.48. The van der Waals surface area contributed by atoms with Gasteiger partial charge in [-0.1, -0.05) is 30.4 Å². The fourth-order valence-corrected chi connectivity index (χ4v) is 2.75. The van der Waals surface area contributed by atoms with Gasteiger partial charge in [0.25, 0.3) is 0 Å². The molecule has 3 nitrogen and oxygen atoms in total. The molecule has 1 heterocycles. The molecule has 0 saturated heterocycles. The molecule has 1 aromatic carbocycles. The number of halogens is 1. The Morgan fingerprint density at radius 3 is 2.65 bits per heavy atom. The molecule has 0 spiro atoms. The van der Waals surface area contributed by atoms with Gasteiger partial charge in [0.2, 0.25) is 0 Å². The van der Waals surface area contributed by atoms with Crippen LogP contribution in [0.3, 0.4) is 0 Å². The Bertz CT molecular complexity index is 481. The number of nitrogens with zero attached hydrogens (tertiary/aromatic N) is 2. The normalized spacial score (nSPS) is 12.6. The Morgan fingerprint density at radius 1 is 1.29 bits per heavy atom. The van der Waals surface area contributed by atoms with Crippen molar-refractivity contribution in [1.82, 2.24) is 15.5 Å². The van der Waals surface area contributed by atoms with Gasteiger partial charge in [0.15, 0.2) is 0 Å². The first-order chi connectivity index (χ1) is 8.20. The number of nitrogens with one attached hydrogen (secondary N) is 1. The maximum Gasteiger partial charge on any atom is 0.147 e. The van der Waals surface area contributed by atoms with Gasteiger partial charge in [-0.05, 0) is 48.2 Å². The minimum Gasteiger partial charge on any atom is -0.308 e. The Balaban J connectivity index is 2.20. The Kier molecular flexibility index (Phi) is 4.47. The van der Waals surface area contributed by atoms with E-state index in [0.29, 0.717) is 0 Å². The molecule has 0 radical (unpaired) electrons. The van der Waals surface area contributed by atoms with Crippen LogP contribution in [0.1, 0.15) is 24.9 Å². The Morgan fingerprint density at radius 2 is 2.00 bits per heavy atom. The molecule has 0 amide bonds. The molecule has 2 rings (SSSR count). The lowest BCUT2D eigenvalue weighted by Gasteiger charge is -2.06. The summed E-state index contributed by atoms with van der Waals surface area (Å²) in [4.78, 5) is 0. The van der Waals surface area contributed by atoms with Gasteiger partial charge in [-0.25, -0.2) is 0 Å². The first-order valence-corrected chi connectivity index (χ1v) is 7.43. The highest BCUT2D eigenvalue weighted by Crippen LogP contribution is 2.26. The zero-order valence-electron chi connectivity index (χ0n) is 9.77. The lowest BCUT2D eigenvalue weighted by Crippen LogP contribution is -2.17. The largest absolute Gasteiger partial charge is 0.308 e. The molecule has 0 saturated carbocycles. The zero-order valence-corrected chi connectivity index (χ0v) is 12.7. The van der Waals surface area contributed by atoms with Crippen molar-refractivity contribution in [3.63, 3.8) is 0 Å². The number of hydrogen-bond donors (Lipinski definition) is 1. The summed E-state index contributed by atoms with van der Waals surface area (Å²) in [6.07, 6.45) is 0. The summed E-state index contributed by atoms with van der Waals surface area (Å²) in [6, 6.07) is 8.62. The van der Waals surface area contributed by atoms with Crippen molar-refractivity contribution in [2.75, 3.05) is 6.54 Å². The van der Waals surface area contributed by atoms with Crippen LogP contribution in [0, 0.1) is 3.57 Å². The minimum atomic E-state index is 0.273. The van der Waals surface area contributed by atoms with Crippen molar-refractivity contribution in [3.8, 4) is 10.6 Å². The molecular formula is C12H14IN3S. The molecule has 17 heavy (non-hydrogen) atoms. The summed E-state index contributed by atoms with van der Waals surface area (Å²) in [5.41, 5.74) is 1.14. The second-order valence-corrected chi connectivity index (χ2v) is 5.99. The highest BCUT2D eigenvalue weighted by atomic mass is 127. The van der Waals surface area contributed by atoms with Crippen LogP contribution in [0.15, 0.2) is 24.3 Å². The maximum absolute atomic E-state index is 4.25. The van der Waals surface area contributed by atoms with Crippen molar-refractivity contribution in [3.05, 3.63) is 32.8 Å². The molecule has 1 atom stereocenters. The van der Waals surface area contributed by atoms with Gasteiger partial charge in [-0.3, -0.25) is 0 Å². The fraction of sp³-hybridized carbons (Fsp3) is 0.333. The predicted molar refractivity (Wildman–Crippen MR) is 80.2 cm³/mol. The first kappa shape index (κ1) is 12.9. The van der Waals surface area contributed by atoms with Gasteiger partial charge in [-0.15, -0.1) is 10.2 Å². The van der Waals surface area contributed by atoms with Crippen molar-refractivity contribution in [2.45, 2.75) is 19.9 Å². The van der Waals surface area contributed by atoms with Crippen LogP contribution in [0.5, 0.6) is 0 Å². The highest BCUT2D eigenvalue weighted by molar-refractivity contribution is 14.1.